The number of carbonyl (C=O) groups excluding carboxylic acids is 2. The molecule has 1 aliphatic heterocycles. The summed E-state index contributed by atoms with van der Waals surface area (Å²) in [6, 6.07) is 5.25. The van der Waals surface area contributed by atoms with Crippen LogP contribution in [0.25, 0.3) is 0 Å². The second kappa shape index (κ2) is 8.94. The highest BCUT2D eigenvalue weighted by atomic mass is 16.5. The fourth-order valence-corrected chi connectivity index (χ4v) is 2.89. The molecule has 1 aromatic rings. The van der Waals surface area contributed by atoms with Crippen LogP contribution in [-0.2, 0) is 14.3 Å². The number of rotatable bonds is 6. The number of piperazine rings is 1. The Hall–Kier alpha value is -1.96. The standard InChI is InChI=1S/C18H28N4O3/c1-13-5-4-6-16(14(13)2)20-17(23)11-21-7-9-22(10-8-21)18(24)15(19)12-25-3/h4-6,15H,7-12,19H2,1-3H3,(H,20,23). The molecule has 1 saturated heterocycles. The maximum absolute atomic E-state index is 12.3. The number of nitrogens with two attached hydrogens (primary N) is 1. The molecule has 1 atom stereocenters. The summed E-state index contributed by atoms with van der Waals surface area (Å²) >= 11 is 0. The second-order valence-corrected chi connectivity index (χ2v) is 6.46. The summed E-state index contributed by atoms with van der Waals surface area (Å²) in [5.41, 5.74) is 8.88. The van der Waals surface area contributed by atoms with E-state index in [0.29, 0.717) is 32.7 Å². The molecule has 0 aromatic heterocycles. The predicted octanol–water partition coefficient (Wildman–Crippen LogP) is 0.360. The number of nitrogens with zero attached hydrogens (tertiary/aromatic N) is 2. The second-order valence-electron chi connectivity index (χ2n) is 6.46. The van der Waals surface area contributed by atoms with Gasteiger partial charge in [-0.05, 0) is 31.0 Å². The van der Waals surface area contributed by atoms with Crippen LogP contribution in [0.2, 0.25) is 0 Å². The first-order valence-electron chi connectivity index (χ1n) is 8.54. The Kier molecular flexibility index (Phi) is 6.92. The zero-order valence-electron chi connectivity index (χ0n) is 15.2. The Balaban J connectivity index is 1.80. The monoisotopic (exact) mass is 348 g/mol. The number of ether oxygens (including phenoxy) is 1. The molecule has 2 rings (SSSR count). The molecule has 0 aliphatic carbocycles. The van der Waals surface area contributed by atoms with Crippen molar-refractivity contribution in [3.05, 3.63) is 29.3 Å². The number of carbonyl (C=O) groups is 2. The molecule has 7 nitrogen and oxygen atoms in total. The van der Waals surface area contributed by atoms with Gasteiger partial charge in [-0.1, -0.05) is 12.1 Å². The summed E-state index contributed by atoms with van der Waals surface area (Å²) in [7, 11) is 1.53. The van der Waals surface area contributed by atoms with Crippen molar-refractivity contribution < 1.29 is 14.3 Å². The molecule has 3 N–H and O–H groups in total. The Morgan fingerprint density at radius 3 is 2.56 bits per heavy atom. The first kappa shape index (κ1) is 19.4. The maximum atomic E-state index is 12.3. The van der Waals surface area contributed by atoms with Gasteiger partial charge in [0.2, 0.25) is 11.8 Å². The van der Waals surface area contributed by atoms with E-state index < -0.39 is 6.04 Å². The zero-order valence-corrected chi connectivity index (χ0v) is 15.2. The average molecular weight is 348 g/mol. The van der Waals surface area contributed by atoms with Gasteiger partial charge in [-0.25, -0.2) is 0 Å². The zero-order chi connectivity index (χ0) is 18.4. The van der Waals surface area contributed by atoms with Crippen LogP contribution < -0.4 is 11.1 Å². The van der Waals surface area contributed by atoms with E-state index in [1.165, 1.54) is 7.11 Å². The van der Waals surface area contributed by atoms with Gasteiger partial charge in [0.1, 0.15) is 6.04 Å². The molecule has 0 radical (unpaired) electrons. The lowest BCUT2D eigenvalue weighted by Gasteiger charge is -2.35. The Labute approximate surface area is 149 Å². The topological polar surface area (TPSA) is 87.9 Å². The third kappa shape index (κ3) is 5.26. The fraction of sp³-hybridized carbons (Fsp3) is 0.556. The summed E-state index contributed by atoms with van der Waals surface area (Å²) < 4.78 is 4.93. The van der Waals surface area contributed by atoms with Gasteiger partial charge in [0.15, 0.2) is 0 Å². The number of methoxy groups -OCH3 is 1. The lowest BCUT2D eigenvalue weighted by molar-refractivity contribution is -0.135. The minimum absolute atomic E-state index is 0.0374. The van der Waals surface area contributed by atoms with Crippen LogP contribution in [0.5, 0.6) is 0 Å². The Bertz CT molecular complexity index is 612. The van der Waals surface area contributed by atoms with Gasteiger partial charge in [-0.2, -0.15) is 0 Å². The van der Waals surface area contributed by atoms with Crippen LogP contribution in [0, 0.1) is 13.8 Å². The lowest BCUT2D eigenvalue weighted by Crippen LogP contribution is -2.55. The number of hydrogen-bond donors (Lipinski definition) is 2. The molecule has 0 saturated carbocycles. The van der Waals surface area contributed by atoms with Crippen molar-refractivity contribution in [1.82, 2.24) is 9.80 Å². The van der Waals surface area contributed by atoms with E-state index in [-0.39, 0.29) is 18.4 Å². The molecule has 25 heavy (non-hydrogen) atoms. The molecular weight excluding hydrogens is 320 g/mol. The van der Waals surface area contributed by atoms with Gasteiger partial charge < -0.3 is 20.7 Å². The van der Waals surface area contributed by atoms with Crippen molar-refractivity contribution in [3.8, 4) is 0 Å². The van der Waals surface area contributed by atoms with E-state index in [1.807, 2.05) is 36.9 Å². The first-order valence-corrected chi connectivity index (χ1v) is 8.54. The summed E-state index contributed by atoms with van der Waals surface area (Å²) in [5.74, 6) is -0.133. The largest absolute Gasteiger partial charge is 0.383 e. The fourth-order valence-electron chi connectivity index (χ4n) is 2.89. The minimum atomic E-state index is -0.621. The quantitative estimate of drug-likeness (QED) is 0.775. The average Bonchev–Trinajstić information content (AvgIpc) is 2.59. The van der Waals surface area contributed by atoms with Crippen LogP contribution >= 0.6 is 0 Å². The van der Waals surface area contributed by atoms with E-state index in [4.69, 9.17) is 10.5 Å². The normalized spacial score (nSPS) is 16.6. The SMILES string of the molecule is COCC(N)C(=O)N1CCN(CC(=O)Nc2cccc(C)c2C)CC1. The van der Waals surface area contributed by atoms with Gasteiger partial charge in [0, 0.05) is 39.0 Å². The summed E-state index contributed by atoms with van der Waals surface area (Å²) in [4.78, 5) is 28.2. The van der Waals surface area contributed by atoms with Gasteiger partial charge in [-0.3, -0.25) is 14.5 Å². The molecule has 1 fully saturated rings. The highest BCUT2D eigenvalue weighted by Crippen LogP contribution is 2.17. The number of hydrogen-bond acceptors (Lipinski definition) is 5. The summed E-state index contributed by atoms with van der Waals surface area (Å²) in [5, 5.41) is 2.97. The van der Waals surface area contributed by atoms with E-state index >= 15 is 0 Å². The molecule has 1 aliphatic rings. The molecule has 7 heteroatoms. The Morgan fingerprint density at radius 2 is 1.92 bits per heavy atom. The molecular formula is C18H28N4O3. The summed E-state index contributed by atoms with van der Waals surface area (Å²) in [6.07, 6.45) is 0. The highest BCUT2D eigenvalue weighted by Gasteiger charge is 2.26. The molecule has 0 spiro atoms. The molecule has 138 valence electrons. The van der Waals surface area contributed by atoms with Crippen molar-refractivity contribution in [3.63, 3.8) is 0 Å². The number of aryl methyl sites for hydroxylation is 1. The van der Waals surface area contributed by atoms with Crippen LogP contribution in [0.1, 0.15) is 11.1 Å². The highest BCUT2D eigenvalue weighted by molar-refractivity contribution is 5.93. The van der Waals surface area contributed by atoms with E-state index in [9.17, 15) is 9.59 Å². The van der Waals surface area contributed by atoms with Crippen molar-refractivity contribution >= 4 is 17.5 Å². The number of anilines is 1. The predicted molar refractivity (Wildman–Crippen MR) is 97.4 cm³/mol. The van der Waals surface area contributed by atoms with Gasteiger partial charge in [0.05, 0.1) is 13.2 Å². The van der Waals surface area contributed by atoms with Crippen molar-refractivity contribution in [1.29, 1.82) is 0 Å². The van der Waals surface area contributed by atoms with E-state index in [2.05, 4.69) is 5.32 Å². The molecule has 1 heterocycles. The smallest absolute Gasteiger partial charge is 0.241 e. The van der Waals surface area contributed by atoms with Crippen LogP contribution in [0.15, 0.2) is 18.2 Å². The van der Waals surface area contributed by atoms with Gasteiger partial charge >= 0.3 is 0 Å². The van der Waals surface area contributed by atoms with Crippen molar-refractivity contribution in [2.24, 2.45) is 5.73 Å². The molecule has 1 unspecified atom stereocenters. The Morgan fingerprint density at radius 1 is 1.24 bits per heavy atom. The van der Waals surface area contributed by atoms with Crippen LogP contribution in [0.4, 0.5) is 5.69 Å². The lowest BCUT2D eigenvalue weighted by atomic mass is 10.1. The number of amides is 2. The maximum Gasteiger partial charge on any atom is 0.241 e. The van der Waals surface area contributed by atoms with Crippen LogP contribution in [0.3, 0.4) is 0 Å². The first-order chi connectivity index (χ1) is 11.9. The molecule has 1 aromatic carbocycles. The summed E-state index contributed by atoms with van der Waals surface area (Å²) in [6.45, 7) is 7.03. The van der Waals surface area contributed by atoms with Gasteiger partial charge in [0.25, 0.3) is 0 Å². The van der Waals surface area contributed by atoms with E-state index in [1.54, 1.807) is 4.90 Å². The number of benzene rings is 1. The van der Waals surface area contributed by atoms with Crippen LogP contribution in [-0.4, -0.2) is 74.1 Å². The van der Waals surface area contributed by atoms with Gasteiger partial charge in [-0.15, -0.1) is 0 Å². The van der Waals surface area contributed by atoms with E-state index in [0.717, 1.165) is 16.8 Å². The number of nitrogens with one attached hydrogen (secondary N) is 1. The third-order valence-corrected chi connectivity index (χ3v) is 4.59. The third-order valence-electron chi connectivity index (χ3n) is 4.59. The van der Waals surface area contributed by atoms with Crippen molar-refractivity contribution in [2.75, 3.05) is 51.8 Å². The minimum Gasteiger partial charge on any atom is -0.383 e. The molecule has 0 bridgehead atoms. The van der Waals surface area contributed by atoms with Crippen molar-refractivity contribution in [2.45, 2.75) is 19.9 Å². The molecule has 2 amide bonds.